The molecule has 0 amide bonds. The first-order valence-electron chi connectivity index (χ1n) is 10.6. The summed E-state index contributed by atoms with van der Waals surface area (Å²) in [6.45, 7) is 2.25. The molecule has 4 nitrogen and oxygen atoms in total. The molecule has 0 aromatic rings. The quantitative estimate of drug-likeness (QED) is 0.205. The van der Waals surface area contributed by atoms with Gasteiger partial charge in [-0.25, -0.2) is 8.42 Å². The van der Waals surface area contributed by atoms with Gasteiger partial charge in [0.25, 0.3) is 0 Å². The number of aliphatic hydroxyl groups excluding tert-OH is 1. The molecule has 0 aromatic heterocycles. The summed E-state index contributed by atoms with van der Waals surface area (Å²) in [5.74, 6) is -0.276. The fourth-order valence-corrected chi connectivity index (χ4v) is 3.76. The molecule has 0 aromatic carbocycles. The predicted molar refractivity (Wildman–Crippen MR) is 105 cm³/mol. The van der Waals surface area contributed by atoms with Crippen molar-refractivity contribution in [2.24, 2.45) is 0 Å². The Hall–Kier alpha value is 0.870. The van der Waals surface area contributed by atoms with Gasteiger partial charge in [-0.2, -0.15) is 0 Å². The van der Waals surface area contributed by atoms with E-state index in [0.29, 0.717) is 12.8 Å². The van der Waals surface area contributed by atoms with Crippen molar-refractivity contribution >= 4 is 10.1 Å². The third kappa shape index (κ3) is 24.9. The van der Waals surface area contributed by atoms with Crippen LogP contribution >= 0.6 is 0 Å². The van der Waals surface area contributed by atoms with Gasteiger partial charge >= 0.3 is 29.6 Å². The van der Waals surface area contributed by atoms with Gasteiger partial charge in [-0.05, 0) is 19.3 Å². The molecular weight excluding hydrogens is 359 g/mol. The van der Waals surface area contributed by atoms with Gasteiger partial charge in [-0.15, -0.1) is 0 Å². The van der Waals surface area contributed by atoms with Crippen LogP contribution in [-0.2, 0) is 10.1 Å². The Bertz CT molecular complexity index is 374. The monoisotopic (exact) mass is 400 g/mol. The van der Waals surface area contributed by atoms with Gasteiger partial charge in [0.1, 0.15) is 0 Å². The Morgan fingerprint density at radius 1 is 0.692 bits per heavy atom. The molecule has 0 radical (unpaired) electrons. The summed E-state index contributed by atoms with van der Waals surface area (Å²) in [7, 11) is -4.07. The maximum absolute atomic E-state index is 10.5. The zero-order chi connectivity index (χ0) is 18.8. The first kappa shape index (κ1) is 29.1. The first-order chi connectivity index (χ1) is 12.0. The van der Waals surface area contributed by atoms with E-state index in [2.05, 4.69) is 6.92 Å². The number of hydrogen-bond acceptors (Lipinski definition) is 4. The van der Waals surface area contributed by atoms with Gasteiger partial charge < -0.3 is 9.66 Å². The maximum atomic E-state index is 10.5. The zero-order valence-electron chi connectivity index (χ0n) is 17.4. The molecule has 0 fully saturated rings. The van der Waals surface area contributed by atoms with Gasteiger partial charge in [-0.1, -0.05) is 96.8 Å². The molecule has 1 N–H and O–H groups in total. The van der Waals surface area contributed by atoms with Crippen LogP contribution in [-0.4, -0.2) is 29.9 Å². The van der Waals surface area contributed by atoms with E-state index in [9.17, 15) is 18.1 Å². The van der Waals surface area contributed by atoms with E-state index in [1.54, 1.807) is 0 Å². The van der Waals surface area contributed by atoms with Gasteiger partial charge in [-0.3, -0.25) is 0 Å². The molecule has 1 atom stereocenters. The van der Waals surface area contributed by atoms with Crippen molar-refractivity contribution in [1.82, 2.24) is 0 Å². The van der Waals surface area contributed by atoms with Crippen molar-refractivity contribution < 1.29 is 47.6 Å². The second kappa shape index (κ2) is 20.6. The summed E-state index contributed by atoms with van der Waals surface area (Å²) in [5, 5.41) is 9.89. The minimum Gasteiger partial charge on any atom is -0.748 e. The summed E-state index contributed by atoms with van der Waals surface area (Å²) in [6, 6.07) is 0. The molecule has 26 heavy (non-hydrogen) atoms. The van der Waals surface area contributed by atoms with Crippen LogP contribution in [0.3, 0.4) is 0 Å². The normalized spacial score (nSPS) is 12.7. The molecule has 0 rings (SSSR count). The molecule has 0 saturated heterocycles. The zero-order valence-corrected chi connectivity index (χ0v) is 20.2. The van der Waals surface area contributed by atoms with Gasteiger partial charge in [0.15, 0.2) is 0 Å². The van der Waals surface area contributed by atoms with E-state index in [1.165, 1.54) is 70.6 Å². The summed E-state index contributed by atoms with van der Waals surface area (Å²) in [6.07, 6.45) is 19.1. The van der Waals surface area contributed by atoms with Crippen LogP contribution in [0.15, 0.2) is 0 Å². The van der Waals surface area contributed by atoms with E-state index in [-0.39, 0.29) is 41.4 Å². The van der Waals surface area contributed by atoms with E-state index in [1.807, 2.05) is 0 Å². The summed E-state index contributed by atoms with van der Waals surface area (Å²) in [5.41, 5.74) is 0. The molecule has 0 saturated carbocycles. The molecule has 0 spiro atoms. The molecule has 152 valence electrons. The molecule has 0 heterocycles. The molecule has 0 aliphatic carbocycles. The third-order valence-electron chi connectivity index (χ3n) is 4.82. The Balaban J connectivity index is 0. The number of rotatable bonds is 19. The number of aliphatic hydroxyl groups is 1. The van der Waals surface area contributed by atoms with Crippen molar-refractivity contribution in [3.8, 4) is 0 Å². The van der Waals surface area contributed by atoms with E-state index in [4.69, 9.17) is 0 Å². The largest absolute Gasteiger partial charge is 1.00 e. The van der Waals surface area contributed by atoms with Crippen molar-refractivity contribution in [3.63, 3.8) is 0 Å². The van der Waals surface area contributed by atoms with E-state index >= 15 is 0 Å². The average molecular weight is 401 g/mol. The molecular formula is C20H41NaO4S. The Kier molecular flexibility index (Phi) is 23.0. The van der Waals surface area contributed by atoms with Crippen molar-refractivity contribution in [3.05, 3.63) is 0 Å². The molecule has 0 aliphatic heterocycles. The predicted octanol–water partition coefficient (Wildman–Crippen LogP) is 2.55. The van der Waals surface area contributed by atoms with E-state index in [0.717, 1.165) is 25.7 Å². The van der Waals surface area contributed by atoms with Crippen LogP contribution in [0.4, 0.5) is 0 Å². The average Bonchev–Trinajstić information content (AvgIpc) is 2.54. The minimum absolute atomic E-state index is 0. The Morgan fingerprint density at radius 3 is 1.42 bits per heavy atom. The Morgan fingerprint density at radius 2 is 1.04 bits per heavy atom. The molecule has 1 unspecified atom stereocenters. The van der Waals surface area contributed by atoms with Crippen LogP contribution in [0.2, 0.25) is 0 Å². The van der Waals surface area contributed by atoms with Gasteiger partial charge in [0, 0.05) is 5.75 Å². The van der Waals surface area contributed by atoms with Crippen LogP contribution in [0, 0.1) is 0 Å². The minimum atomic E-state index is -4.07. The Labute approximate surface area is 185 Å². The first-order valence-corrected chi connectivity index (χ1v) is 12.1. The summed E-state index contributed by atoms with van der Waals surface area (Å²) in [4.78, 5) is 0. The number of unbranched alkanes of at least 4 members (excludes halogenated alkanes) is 13. The van der Waals surface area contributed by atoms with Crippen molar-refractivity contribution in [2.75, 3.05) is 5.75 Å². The fourth-order valence-electron chi connectivity index (χ4n) is 3.20. The SMILES string of the molecule is CCCCCCCCCCCCCCC(O)CCCCCS(=O)(=O)[O-].[Na+]. The smallest absolute Gasteiger partial charge is 0.748 e. The maximum Gasteiger partial charge on any atom is 1.00 e. The second-order valence-corrected chi connectivity index (χ2v) is 8.97. The second-order valence-electron chi connectivity index (χ2n) is 7.44. The topological polar surface area (TPSA) is 77.4 Å². The summed E-state index contributed by atoms with van der Waals surface area (Å²) < 4.78 is 31.4. The van der Waals surface area contributed by atoms with Crippen LogP contribution in [0.5, 0.6) is 0 Å². The van der Waals surface area contributed by atoms with Crippen LogP contribution < -0.4 is 29.6 Å². The fraction of sp³-hybridized carbons (Fsp3) is 1.00. The van der Waals surface area contributed by atoms with Crippen LogP contribution in [0.25, 0.3) is 0 Å². The van der Waals surface area contributed by atoms with Crippen molar-refractivity contribution in [2.45, 2.75) is 122 Å². The van der Waals surface area contributed by atoms with Crippen molar-refractivity contribution in [1.29, 1.82) is 0 Å². The standard InChI is InChI=1S/C20H42O4S.Na/c1-2-3-4-5-6-7-8-9-10-11-12-14-17-20(21)18-15-13-16-19-25(22,23)24;/h20-21H,2-19H2,1H3,(H,22,23,24);/q;+1/p-1. The third-order valence-corrected chi connectivity index (χ3v) is 5.61. The van der Waals surface area contributed by atoms with Gasteiger partial charge in [0.05, 0.1) is 16.2 Å². The van der Waals surface area contributed by atoms with E-state index < -0.39 is 10.1 Å². The number of hydrogen-bond donors (Lipinski definition) is 1. The van der Waals surface area contributed by atoms with Gasteiger partial charge in [0.2, 0.25) is 0 Å². The molecule has 0 aliphatic rings. The molecule has 6 heteroatoms. The summed E-state index contributed by atoms with van der Waals surface area (Å²) >= 11 is 0. The molecule has 0 bridgehead atoms. The van der Waals surface area contributed by atoms with Crippen LogP contribution in [0.1, 0.15) is 116 Å².